The maximum atomic E-state index is 5.25. The average Bonchev–Trinajstić information content (AvgIpc) is 2.96. The fraction of sp³-hybridized carbons (Fsp3) is 0.438. The normalized spacial score (nSPS) is 10.7. The number of rotatable bonds is 8. The lowest BCUT2D eigenvalue weighted by atomic mass is 10.2. The minimum atomic E-state index is 0.873. The molecule has 0 fully saturated rings. The van der Waals surface area contributed by atoms with Crippen molar-refractivity contribution >= 4 is 11.3 Å². The van der Waals surface area contributed by atoms with Crippen molar-refractivity contribution in [2.75, 3.05) is 20.2 Å². The summed E-state index contributed by atoms with van der Waals surface area (Å²) in [7, 11) is 1.69. The summed E-state index contributed by atoms with van der Waals surface area (Å²) >= 11 is 1.73. The molecule has 1 heterocycles. The van der Waals surface area contributed by atoms with Gasteiger partial charge in [0.2, 0.25) is 0 Å². The monoisotopic (exact) mass is 290 g/mol. The Morgan fingerprint density at radius 2 is 2.20 bits per heavy atom. The molecule has 1 N–H and O–H groups in total. The minimum Gasteiger partial charge on any atom is -0.497 e. The van der Waals surface area contributed by atoms with Crippen molar-refractivity contribution in [1.82, 2.24) is 10.3 Å². The Balaban J connectivity index is 1.91. The van der Waals surface area contributed by atoms with Gasteiger partial charge < -0.3 is 10.1 Å². The van der Waals surface area contributed by atoms with Crippen molar-refractivity contribution in [2.45, 2.75) is 26.2 Å². The number of benzene rings is 1. The molecule has 0 unspecified atom stereocenters. The summed E-state index contributed by atoms with van der Waals surface area (Å²) in [6.07, 6.45) is 3.48. The molecule has 0 saturated carbocycles. The molecule has 2 aromatic rings. The fourth-order valence-electron chi connectivity index (χ4n) is 1.96. The first-order chi connectivity index (χ1) is 9.83. The summed E-state index contributed by atoms with van der Waals surface area (Å²) in [4.78, 5) is 4.70. The zero-order chi connectivity index (χ0) is 14.2. The third-order valence-corrected chi connectivity index (χ3v) is 4.05. The largest absolute Gasteiger partial charge is 0.497 e. The van der Waals surface area contributed by atoms with Crippen LogP contribution in [0.5, 0.6) is 5.75 Å². The van der Waals surface area contributed by atoms with Gasteiger partial charge in [0.25, 0.3) is 0 Å². The molecule has 0 atom stereocenters. The second kappa shape index (κ2) is 8.02. The molecule has 1 aromatic carbocycles. The van der Waals surface area contributed by atoms with Gasteiger partial charge >= 0.3 is 0 Å². The second-order valence-corrected chi connectivity index (χ2v) is 5.65. The lowest BCUT2D eigenvalue weighted by Gasteiger charge is -2.02. The Morgan fingerprint density at radius 3 is 3.00 bits per heavy atom. The highest BCUT2D eigenvalue weighted by atomic mass is 32.1. The molecule has 3 nitrogen and oxygen atoms in total. The third-order valence-electron chi connectivity index (χ3n) is 3.14. The first-order valence-corrected chi connectivity index (χ1v) is 8.01. The number of aromatic nitrogens is 1. The summed E-state index contributed by atoms with van der Waals surface area (Å²) in [6.45, 7) is 4.32. The first kappa shape index (κ1) is 15.0. The van der Waals surface area contributed by atoms with E-state index in [0.29, 0.717) is 0 Å². The van der Waals surface area contributed by atoms with Crippen LogP contribution in [0.3, 0.4) is 0 Å². The molecular weight excluding hydrogens is 268 g/mol. The fourth-order valence-corrected chi connectivity index (χ4v) is 2.77. The number of nitrogens with zero attached hydrogens (tertiary/aromatic N) is 1. The quantitative estimate of drug-likeness (QED) is 0.752. The van der Waals surface area contributed by atoms with Crippen LogP contribution in [-0.2, 0) is 6.42 Å². The van der Waals surface area contributed by atoms with Gasteiger partial charge in [0.15, 0.2) is 0 Å². The summed E-state index contributed by atoms with van der Waals surface area (Å²) < 4.78 is 5.25. The van der Waals surface area contributed by atoms with E-state index in [1.807, 2.05) is 18.2 Å². The highest BCUT2D eigenvalue weighted by molar-refractivity contribution is 7.09. The Bertz CT molecular complexity index is 525. The van der Waals surface area contributed by atoms with Crippen LogP contribution in [0.1, 0.15) is 24.8 Å². The van der Waals surface area contributed by atoms with Crippen LogP contribution in [0.4, 0.5) is 0 Å². The van der Waals surface area contributed by atoms with Gasteiger partial charge in [0, 0.05) is 23.9 Å². The van der Waals surface area contributed by atoms with Crippen LogP contribution in [0.25, 0.3) is 11.3 Å². The number of nitrogens with one attached hydrogen (secondary N) is 1. The van der Waals surface area contributed by atoms with Gasteiger partial charge in [-0.05, 0) is 25.1 Å². The average molecular weight is 290 g/mol. The number of methoxy groups -OCH3 is 1. The maximum Gasteiger partial charge on any atom is 0.119 e. The van der Waals surface area contributed by atoms with E-state index in [0.717, 1.165) is 36.5 Å². The molecule has 0 saturated heterocycles. The molecule has 0 aliphatic rings. The van der Waals surface area contributed by atoms with E-state index < -0.39 is 0 Å². The van der Waals surface area contributed by atoms with Crippen LogP contribution in [0.15, 0.2) is 29.6 Å². The molecule has 1 aromatic heterocycles. The number of thiazole rings is 1. The first-order valence-electron chi connectivity index (χ1n) is 7.13. The molecule has 20 heavy (non-hydrogen) atoms. The van der Waals surface area contributed by atoms with Crippen molar-refractivity contribution in [3.8, 4) is 17.0 Å². The predicted octanol–water partition coefficient (Wildman–Crippen LogP) is 3.75. The lowest BCUT2D eigenvalue weighted by molar-refractivity contribution is 0.415. The molecule has 2 rings (SSSR count). The van der Waals surface area contributed by atoms with Gasteiger partial charge in [-0.25, -0.2) is 4.98 Å². The molecule has 4 heteroatoms. The van der Waals surface area contributed by atoms with Crippen molar-refractivity contribution in [3.63, 3.8) is 0 Å². The maximum absolute atomic E-state index is 5.25. The summed E-state index contributed by atoms with van der Waals surface area (Å²) in [5, 5.41) is 6.76. The molecule has 0 aliphatic carbocycles. The van der Waals surface area contributed by atoms with Gasteiger partial charge in [0.05, 0.1) is 17.8 Å². The smallest absolute Gasteiger partial charge is 0.119 e. The van der Waals surface area contributed by atoms with E-state index in [2.05, 4.69) is 23.7 Å². The predicted molar refractivity (Wildman–Crippen MR) is 85.6 cm³/mol. The molecule has 0 radical (unpaired) electrons. The zero-order valence-electron chi connectivity index (χ0n) is 12.2. The van der Waals surface area contributed by atoms with E-state index in [1.165, 1.54) is 17.8 Å². The van der Waals surface area contributed by atoms with E-state index in [-0.39, 0.29) is 0 Å². The van der Waals surface area contributed by atoms with Crippen LogP contribution in [0, 0.1) is 0 Å². The van der Waals surface area contributed by atoms with Gasteiger partial charge in [-0.3, -0.25) is 0 Å². The standard InChI is InChI=1S/C16H22N2OS/c1-3-4-9-17-10-8-16-18-15(12-20-16)13-6-5-7-14(11-13)19-2/h5-7,11-12,17H,3-4,8-10H2,1-2H3. The van der Waals surface area contributed by atoms with Gasteiger partial charge in [-0.1, -0.05) is 25.5 Å². The molecule has 0 aliphatic heterocycles. The Hall–Kier alpha value is -1.39. The number of hydrogen-bond donors (Lipinski definition) is 1. The summed E-state index contributed by atoms with van der Waals surface area (Å²) in [5.41, 5.74) is 2.16. The zero-order valence-corrected chi connectivity index (χ0v) is 13.0. The van der Waals surface area contributed by atoms with E-state index >= 15 is 0 Å². The summed E-state index contributed by atoms with van der Waals surface area (Å²) in [6, 6.07) is 8.05. The molecule has 108 valence electrons. The van der Waals surface area contributed by atoms with E-state index in [4.69, 9.17) is 9.72 Å². The van der Waals surface area contributed by atoms with Crippen LogP contribution < -0.4 is 10.1 Å². The van der Waals surface area contributed by atoms with Crippen molar-refractivity contribution in [2.24, 2.45) is 0 Å². The van der Waals surface area contributed by atoms with Crippen LogP contribution in [-0.4, -0.2) is 25.2 Å². The topological polar surface area (TPSA) is 34.2 Å². The van der Waals surface area contributed by atoms with E-state index in [1.54, 1.807) is 18.4 Å². The highest BCUT2D eigenvalue weighted by Crippen LogP contribution is 2.25. The van der Waals surface area contributed by atoms with Gasteiger partial charge in [0.1, 0.15) is 5.75 Å². The Morgan fingerprint density at radius 1 is 1.30 bits per heavy atom. The van der Waals surface area contributed by atoms with Crippen molar-refractivity contribution < 1.29 is 4.74 Å². The molecule has 0 spiro atoms. The molecular formula is C16H22N2OS. The van der Waals surface area contributed by atoms with Gasteiger partial charge in [-0.2, -0.15) is 0 Å². The SMILES string of the molecule is CCCCNCCc1nc(-c2cccc(OC)c2)cs1. The van der Waals surface area contributed by atoms with Crippen LogP contribution >= 0.6 is 11.3 Å². The Labute approximate surface area is 125 Å². The number of unbranched alkanes of at least 4 members (excludes halogenated alkanes) is 1. The van der Waals surface area contributed by atoms with Crippen molar-refractivity contribution in [3.05, 3.63) is 34.7 Å². The summed E-state index contributed by atoms with van der Waals surface area (Å²) in [5.74, 6) is 0.873. The second-order valence-electron chi connectivity index (χ2n) is 4.71. The van der Waals surface area contributed by atoms with Crippen LogP contribution in [0.2, 0.25) is 0 Å². The number of hydrogen-bond acceptors (Lipinski definition) is 4. The molecule has 0 amide bonds. The van der Waals surface area contributed by atoms with E-state index in [9.17, 15) is 0 Å². The van der Waals surface area contributed by atoms with Crippen molar-refractivity contribution in [1.29, 1.82) is 0 Å². The Kier molecular flexibility index (Phi) is 6.02. The molecule has 0 bridgehead atoms. The highest BCUT2D eigenvalue weighted by Gasteiger charge is 2.05. The lowest BCUT2D eigenvalue weighted by Crippen LogP contribution is -2.18. The minimum absolute atomic E-state index is 0.873. The number of ether oxygens (including phenoxy) is 1. The third kappa shape index (κ3) is 4.32. The van der Waals surface area contributed by atoms with Gasteiger partial charge in [-0.15, -0.1) is 11.3 Å².